The van der Waals surface area contributed by atoms with Gasteiger partial charge >= 0.3 is 0 Å². The van der Waals surface area contributed by atoms with Gasteiger partial charge in [-0.05, 0) is 200 Å². The van der Waals surface area contributed by atoms with E-state index >= 15 is 0 Å². The van der Waals surface area contributed by atoms with Gasteiger partial charge in [0, 0.05) is 67.2 Å². The molecule has 2 heterocycles. The fraction of sp³-hybridized carbons (Fsp3) is 0.0123. The minimum atomic E-state index is -0.597. The molecule has 1 spiro atoms. The van der Waals surface area contributed by atoms with E-state index in [-0.39, 0.29) is 0 Å². The third-order valence-electron chi connectivity index (χ3n) is 18.2. The van der Waals surface area contributed by atoms with Crippen LogP contribution >= 0.6 is 0 Å². The average molecular weight is 1080 g/mol. The van der Waals surface area contributed by atoms with Gasteiger partial charge in [0.2, 0.25) is 0 Å². The zero-order valence-corrected chi connectivity index (χ0v) is 46.6. The molecule has 4 nitrogen and oxygen atoms in total. The van der Waals surface area contributed by atoms with Crippen molar-refractivity contribution in [2.24, 2.45) is 0 Å². The van der Waals surface area contributed by atoms with Crippen molar-refractivity contribution in [2.45, 2.75) is 5.41 Å². The smallest absolute Gasteiger partial charge is 0.0731 e. The number of hydrogen-bond acceptors (Lipinski definition) is 2. The van der Waals surface area contributed by atoms with Crippen LogP contribution in [0.4, 0.5) is 34.1 Å². The molecule has 0 atom stereocenters. The van der Waals surface area contributed by atoms with E-state index in [0.717, 1.165) is 67.7 Å². The summed E-state index contributed by atoms with van der Waals surface area (Å²) in [5.74, 6) is 0. The van der Waals surface area contributed by atoms with Crippen LogP contribution in [0.5, 0.6) is 0 Å². The first-order valence-corrected chi connectivity index (χ1v) is 29.2. The highest BCUT2D eigenvalue weighted by Gasteiger charge is 2.52. The van der Waals surface area contributed by atoms with Crippen LogP contribution in [0.15, 0.2) is 304 Å². The van der Waals surface area contributed by atoms with Crippen LogP contribution in [0.25, 0.3) is 100 Å². The molecule has 4 heteroatoms. The van der Waals surface area contributed by atoms with Crippen molar-refractivity contribution in [3.8, 4) is 33.6 Å². The first kappa shape index (κ1) is 48.5. The number of para-hydroxylation sites is 5. The van der Waals surface area contributed by atoms with E-state index in [1.165, 1.54) is 87.9 Å². The van der Waals surface area contributed by atoms with Gasteiger partial charge in [-0.15, -0.1) is 0 Å². The highest BCUT2D eigenvalue weighted by atomic mass is 15.1. The molecule has 0 bridgehead atoms. The molecule has 0 amide bonds. The Kier molecular flexibility index (Phi) is 10.8. The van der Waals surface area contributed by atoms with Gasteiger partial charge < -0.3 is 18.9 Å². The largest absolute Gasteiger partial charge is 0.310 e. The average Bonchev–Trinajstić information content (AvgIpc) is 1.76. The molecular weight excluding hydrogens is 1030 g/mol. The summed E-state index contributed by atoms with van der Waals surface area (Å²) in [5, 5.41) is 8.35. The predicted octanol–water partition coefficient (Wildman–Crippen LogP) is 21.6. The van der Waals surface area contributed by atoms with Crippen molar-refractivity contribution < 1.29 is 0 Å². The quantitative estimate of drug-likeness (QED) is 0.136. The van der Waals surface area contributed by atoms with Gasteiger partial charge in [0.05, 0.1) is 27.7 Å². The lowest BCUT2D eigenvalue weighted by Gasteiger charge is -2.32. The number of nitrogens with zero attached hydrogens (tertiary/aromatic N) is 4. The molecule has 0 unspecified atom stereocenters. The predicted molar refractivity (Wildman–Crippen MR) is 358 cm³/mol. The molecule has 0 aliphatic heterocycles. The summed E-state index contributed by atoms with van der Waals surface area (Å²) in [4.78, 5) is 4.81. The van der Waals surface area contributed by atoms with Crippen molar-refractivity contribution in [3.05, 3.63) is 338 Å². The molecule has 2 aromatic heterocycles. The Morgan fingerprint density at radius 1 is 0.294 bits per heavy atom. The minimum Gasteiger partial charge on any atom is -0.310 e. The minimum absolute atomic E-state index is 0.597. The van der Waals surface area contributed by atoms with Gasteiger partial charge in [-0.2, -0.15) is 0 Å². The molecule has 0 radical (unpaired) electrons. The topological polar surface area (TPSA) is 16.3 Å². The Morgan fingerprint density at radius 3 is 1.42 bits per heavy atom. The summed E-state index contributed by atoms with van der Waals surface area (Å²) in [7, 11) is 0. The SMILES string of the molecule is C=Cc1c(C=C)n(-c2ccccc2)c2ccc(N(c3ccccc3)c3ccc4c5c(ccc4c3)-c3cc4ccc(N(c6ccccc6)c6ccc7c(c6)c6ccccc6n7-c6ccccc6)cc4cc3C53c4ccccc4-c4ccccc43)cc12. The molecule has 0 saturated heterocycles. The van der Waals surface area contributed by atoms with Crippen molar-refractivity contribution in [2.75, 3.05) is 9.80 Å². The number of aromatic nitrogens is 2. The van der Waals surface area contributed by atoms with Crippen LogP contribution in [0, 0.1) is 0 Å². The summed E-state index contributed by atoms with van der Waals surface area (Å²) in [6.45, 7) is 8.60. The number of fused-ring (bicyclic) bond motifs is 17. The monoisotopic (exact) mass is 1080 g/mol. The molecule has 0 N–H and O–H groups in total. The summed E-state index contributed by atoms with van der Waals surface area (Å²) >= 11 is 0. The molecule has 13 aromatic carbocycles. The second-order valence-electron chi connectivity index (χ2n) is 22.5. The lowest BCUT2D eigenvalue weighted by atomic mass is 9.69. The van der Waals surface area contributed by atoms with Crippen molar-refractivity contribution >= 4 is 101 Å². The number of rotatable bonds is 10. The van der Waals surface area contributed by atoms with E-state index in [2.05, 4.69) is 323 Å². The van der Waals surface area contributed by atoms with Crippen LogP contribution in [0.3, 0.4) is 0 Å². The highest BCUT2D eigenvalue weighted by molar-refractivity contribution is 6.12. The Morgan fingerprint density at radius 2 is 0.788 bits per heavy atom. The first-order chi connectivity index (χ1) is 42.1. The van der Waals surface area contributed by atoms with Crippen LogP contribution in [0.1, 0.15) is 33.5 Å². The van der Waals surface area contributed by atoms with Gasteiger partial charge in [-0.1, -0.05) is 183 Å². The van der Waals surface area contributed by atoms with Crippen molar-refractivity contribution in [3.63, 3.8) is 0 Å². The van der Waals surface area contributed by atoms with Crippen molar-refractivity contribution in [1.82, 2.24) is 9.13 Å². The van der Waals surface area contributed by atoms with E-state index in [1.807, 2.05) is 12.2 Å². The lowest BCUT2D eigenvalue weighted by Crippen LogP contribution is -2.26. The molecule has 2 aliphatic rings. The maximum Gasteiger partial charge on any atom is 0.0731 e. The van der Waals surface area contributed by atoms with E-state index in [9.17, 15) is 0 Å². The van der Waals surface area contributed by atoms with E-state index in [4.69, 9.17) is 0 Å². The zero-order valence-electron chi connectivity index (χ0n) is 46.6. The molecule has 85 heavy (non-hydrogen) atoms. The second-order valence-corrected chi connectivity index (χ2v) is 22.5. The zero-order chi connectivity index (χ0) is 56.3. The third-order valence-corrected chi connectivity index (χ3v) is 18.2. The number of anilines is 6. The van der Waals surface area contributed by atoms with Gasteiger partial charge in [-0.25, -0.2) is 0 Å². The van der Waals surface area contributed by atoms with Gasteiger partial charge in [0.25, 0.3) is 0 Å². The summed E-state index contributed by atoms with van der Waals surface area (Å²) in [6.07, 6.45) is 3.91. The van der Waals surface area contributed by atoms with Crippen LogP contribution in [-0.4, -0.2) is 9.13 Å². The molecule has 17 rings (SSSR count). The standard InChI is InChI=1S/C81H54N4/c1-3-64-71-51-62(41-45-78(71)84(76(64)4-2)58-27-13-7-14-28-58)83(57-25-11-6-12-26-57)61-40-44-65-54(47-61)38-43-69-70-49-53-37-39-60(48-55(53)50-75(70)81(80(65)69)73-34-20-17-31-66(73)67-32-18-21-35-74(67)81)82(56-23-9-5-10-24-56)63-42-46-79-72(52-63)68-33-19-22-36-77(68)85(79)59-29-15-8-16-30-59/h3-52H,1-2H2. The van der Waals surface area contributed by atoms with Gasteiger partial charge in [-0.3, -0.25) is 0 Å². The molecule has 0 saturated carbocycles. The summed E-state index contributed by atoms with van der Waals surface area (Å²) in [6, 6.07) is 108. The Labute approximate surface area is 493 Å². The number of benzene rings is 13. The fourth-order valence-corrected chi connectivity index (χ4v) is 14.7. The Bertz CT molecular complexity index is 5180. The lowest BCUT2D eigenvalue weighted by molar-refractivity contribution is 0.802. The molecular formula is C81H54N4. The summed E-state index contributed by atoms with van der Waals surface area (Å²) in [5.41, 5.74) is 24.0. The number of hydrogen-bond donors (Lipinski definition) is 0. The summed E-state index contributed by atoms with van der Waals surface area (Å²) < 4.78 is 4.67. The van der Waals surface area contributed by atoms with E-state index < -0.39 is 5.41 Å². The fourth-order valence-electron chi connectivity index (χ4n) is 14.7. The van der Waals surface area contributed by atoms with Crippen LogP contribution in [0.2, 0.25) is 0 Å². The van der Waals surface area contributed by atoms with Crippen LogP contribution in [-0.2, 0) is 5.41 Å². The Hall–Kier alpha value is -11.2. The van der Waals surface area contributed by atoms with E-state index in [1.54, 1.807) is 0 Å². The molecule has 15 aromatic rings. The van der Waals surface area contributed by atoms with Crippen molar-refractivity contribution in [1.29, 1.82) is 0 Å². The Balaban J connectivity index is 0.849. The van der Waals surface area contributed by atoms with E-state index in [0.29, 0.717) is 0 Å². The molecule has 0 fully saturated rings. The van der Waals surface area contributed by atoms with Gasteiger partial charge in [0.1, 0.15) is 0 Å². The highest BCUT2D eigenvalue weighted by Crippen LogP contribution is 2.65. The van der Waals surface area contributed by atoms with Crippen LogP contribution < -0.4 is 9.80 Å². The molecule has 398 valence electrons. The molecule has 2 aliphatic carbocycles. The maximum absolute atomic E-state index is 4.32. The van der Waals surface area contributed by atoms with Gasteiger partial charge in [0.15, 0.2) is 0 Å². The third kappa shape index (κ3) is 7.09. The first-order valence-electron chi connectivity index (χ1n) is 29.2. The second kappa shape index (κ2) is 18.9. The maximum atomic E-state index is 4.32. The normalized spacial score (nSPS) is 12.7.